The number of carbonyl (C=O) groups is 1. The Morgan fingerprint density at radius 1 is 1.27 bits per heavy atom. The molecule has 0 spiro atoms. The maximum absolute atomic E-state index is 12.4. The van der Waals surface area contributed by atoms with Crippen molar-refractivity contribution in [3.05, 3.63) is 42.5 Å². The average Bonchev–Trinajstić information content (AvgIpc) is 2.65. The molecular weight excluding hydrogens is 354 g/mol. The van der Waals surface area contributed by atoms with Crippen LogP contribution in [0.2, 0.25) is 0 Å². The van der Waals surface area contributed by atoms with Crippen molar-refractivity contribution in [2.24, 2.45) is 0 Å². The summed E-state index contributed by atoms with van der Waals surface area (Å²) in [5.74, 6) is -0.214. The van der Waals surface area contributed by atoms with Crippen molar-refractivity contribution in [3.63, 3.8) is 0 Å². The molecule has 0 aliphatic carbocycles. The fraction of sp³-hybridized carbons (Fsp3) is 0.500. The van der Waals surface area contributed by atoms with Gasteiger partial charge in [0.25, 0.3) is 5.91 Å². The molecular formula is C18H28N3O4S+. The number of sulfonamides is 1. The monoisotopic (exact) mass is 382 g/mol. The Morgan fingerprint density at radius 3 is 2.46 bits per heavy atom. The van der Waals surface area contributed by atoms with Gasteiger partial charge in [0.15, 0.2) is 0 Å². The topological polar surface area (TPSA) is 88.9 Å². The first-order valence-electron chi connectivity index (χ1n) is 8.68. The molecule has 1 heterocycles. The number of nitrogens with one attached hydrogen (secondary N) is 3. The Hall–Kier alpha value is -1.74. The highest BCUT2D eigenvalue weighted by Gasteiger charge is 2.32. The molecule has 1 fully saturated rings. The number of quaternary nitrogens is 1. The standard InChI is InChI=1S/C18H27N3O4S/c1-4-9-20-26(23,24)16-7-5-15(6-8-16)17(22)19-14-18(2,3)21-10-12-25-13-11-21/h4-8,20H,1,9-14H2,2-3H3,(H,19,22)/p+1. The van der Waals surface area contributed by atoms with Gasteiger partial charge in [0, 0.05) is 12.1 Å². The second kappa shape index (κ2) is 8.77. The van der Waals surface area contributed by atoms with E-state index in [1.165, 1.54) is 35.2 Å². The fourth-order valence-corrected chi connectivity index (χ4v) is 3.86. The molecule has 2 rings (SSSR count). The lowest BCUT2D eigenvalue weighted by molar-refractivity contribution is -0.954. The van der Waals surface area contributed by atoms with E-state index in [1.54, 1.807) is 0 Å². The molecule has 1 aromatic carbocycles. The van der Waals surface area contributed by atoms with E-state index in [1.807, 2.05) is 0 Å². The molecule has 1 aliphatic rings. The van der Waals surface area contributed by atoms with Crippen LogP contribution in [-0.4, -0.2) is 59.3 Å². The summed E-state index contributed by atoms with van der Waals surface area (Å²) < 4.78 is 31.8. The normalized spacial score (nSPS) is 16.2. The van der Waals surface area contributed by atoms with Gasteiger partial charge in [-0.1, -0.05) is 6.08 Å². The minimum absolute atomic E-state index is 0.0999. The van der Waals surface area contributed by atoms with Crippen LogP contribution in [0.3, 0.4) is 0 Å². The minimum Gasteiger partial charge on any atom is -0.370 e. The van der Waals surface area contributed by atoms with Crippen molar-refractivity contribution in [1.29, 1.82) is 0 Å². The van der Waals surface area contributed by atoms with E-state index in [0.717, 1.165) is 26.3 Å². The van der Waals surface area contributed by atoms with Crippen LogP contribution in [-0.2, 0) is 14.8 Å². The second-order valence-corrected chi connectivity index (χ2v) is 8.71. The van der Waals surface area contributed by atoms with Crippen LogP contribution in [0.25, 0.3) is 0 Å². The van der Waals surface area contributed by atoms with E-state index in [-0.39, 0.29) is 22.9 Å². The van der Waals surface area contributed by atoms with Gasteiger partial charge in [-0.3, -0.25) is 4.79 Å². The van der Waals surface area contributed by atoms with Crippen LogP contribution in [0.1, 0.15) is 24.2 Å². The zero-order valence-electron chi connectivity index (χ0n) is 15.4. The third-order valence-corrected chi connectivity index (χ3v) is 6.03. The van der Waals surface area contributed by atoms with Crippen LogP contribution in [0.15, 0.2) is 41.8 Å². The number of rotatable bonds is 8. The van der Waals surface area contributed by atoms with Gasteiger partial charge in [0.1, 0.15) is 18.6 Å². The van der Waals surface area contributed by atoms with Crippen molar-refractivity contribution >= 4 is 15.9 Å². The summed E-state index contributed by atoms with van der Waals surface area (Å²) in [7, 11) is -3.58. The maximum Gasteiger partial charge on any atom is 0.251 e. The third kappa shape index (κ3) is 5.38. The van der Waals surface area contributed by atoms with Crippen molar-refractivity contribution in [3.8, 4) is 0 Å². The smallest absolute Gasteiger partial charge is 0.251 e. The minimum atomic E-state index is -3.58. The number of hydrogen-bond donors (Lipinski definition) is 3. The molecule has 144 valence electrons. The maximum atomic E-state index is 12.4. The number of carbonyl (C=O) groups excluding carboxylic acids is 1. The van der Waals surface area contributed by atoms with E-state index in [2.05, 4.69) is 30.5 Å². The molecule has 0 unspecified atom stereocenters. The van der Waals surface area contributed by atoms with Crippen LogP contribution in [0.4, 0.5) is 0 Å². The Balaban J connectivity index is 1.96. The zero-order valence-corrected chi connectivity index (χ0v) is 16.2. The van der Waals surface area contributed by atoms with Gasteiger partial charge in [0.2, 0.25) is 10.0 Å². The summed E-state index contributed by atoms with van der Waals surface area (Å²) in [6.45, 7) is 11.7. The molecule has 7 nitrogen and oxygen atoms in total. The predicted molar refractivity (Wildman–Crippen MR) is 99.8 cm³/mol. The zero-order chi connectivity index (χ0) is 19.2. The van der Waals surface area contributed by atoms with Crippen molar-refractivity contribution in [2.75, 3.05) is 39.4 Å². The number of morpholine rings is 1. The summed E-state index contributed by atoms with van der Waals surface area (Å²) >= 11 is 0. The van der Waals surface area contributed by atoms with Gasteiger partial charge in [-0.05, 0) is 38.1 Å². The molecule has 0 radical (unpaired) electrons. The highest BCUT2D eigenvalue weighted by molar-refractivity contribution is 7.89. The highest BCUT2D eigenvalue weighted by atomic mass is 32.2. The Labute approximate surface area is 155 Å². The fourth-order valence-electron chi connectivity index (χ4n) is 2.86. The van der Waals surface area contributed by atoms with Gasteiger partial charge in [-0.25, -0.2) is 13.1 Å². The molecule has 8 heteroatoms. The van der Waals surface area contributed by atoms with Crippen molar-refractivity contribution in [2.45, 2.75) is 24.3 Å². The van der Waals surface area contributed by atoms with Crippen LogP contribution in [0, 0.1) is 0 Å². The Kier molecular flexibility index (Phi) is 6.94. The molecule has 1 saturated heterocycles. The molecule has 1 aromatic rings. The lowest BCUT2D eigenvalue weighted by Gasteiger charge is -2.37. The molecule has 26 heavy (non-hydrogen) atoms. The number of ether oxygens (including phenoxy) is 1. The van der Waals surface area contributed by atoms with Gasteiger partial charge >= 0.3 is 0 Å². The Morgan fingerprint density at radius 2 is 1.88 bits per heavy atom. The number of hydrogen-bond acceptors (Lipinski definition) is 4. The quantitative estimate of drug-likeness (QED) is 0.533. The first kappa shape index (κ1) is 20.6. The Bertz CT molecular complexity index is 723. The number of amides is 1. The third-order valence-electron chi connectivity index (χ3n) is 4.59. The molecule has 1 aliphatic heterocycles. The molecule has 0 saturated carbocycles. The van der Waals surface area contributed by atoms with Gasteiger partial charge in [0.05, 0.1) is 24.7 Å². The lowest BCUT2D eigenvalue weighted by atomic mass is 10.0. The summed E-state index contributed by atoms with van der Waals surface area (Å²) in [5.41, 5.74) is 0.331. The summed E-state index contributed by atoms with van der Waals surface area (Å²) in [5, 5.41) is 2.95. The van der Waals surface area contributed by atoms with E-state index >= 15 is 0 Å². The van der Waals surface area contributed by atoms with Crippen LogP contribution >= 0.6 is 0 Å². The average molecular weight is 383 g/mol. The van der Waals surface area contributed by atoms with Crippen molar-refractivity contribution < 1.29 is 22.8 Å². The van der Waals surface area contributed by atoms with Gasteiger partial charge in [-0.2, -0.15) is 0 Å². The molecule has 1 amide bonds. The lowest BCUT2D eigenvalue weighted by Crippen LogP contribution is -3.22. The van der Waals surface area contributed by atoms with E-state index in [9.17, 15) is 13.2 Å². The van der Waals surface area contributed by atoms with Gasteiger partial charge < -0.3 is 15.0 Å². The van der Waals surface area contributed by atoms with E-state index in [4.69, 9.17) is 4.74 Å². The predicted octanol–water partition coefficient (Wildman–Crippen LogP) is -0.426. The largest absolute Gasteiger partial charge is 0.370 e. The van der Waals surface area contributed by atoms with E-state index < -0.39 is 10.0 Å². The first-order chi connectivity index (χ1) is 12.3. The molecule has 3 N–H and O–H groups in total. The summed E-state index contributed by atoms with van der Waals surface area (Å²) in [4.78, 5) is 13.9. The van der Waals surface area contributed by atoms with Crippen LogP contribution in [0.5, 0.6) is 0 Å². The first-order valence-corrected chi connectivity index (χ1v) is 10.2. The second-order valence-electron chi connectivity index (χ2n) is 6.95. The summed E-state index contributed by atoms with van der Waals surface area (Å²) in [6.07, 6.45) is 1.47. The van der Waals surface area contributed by atoms with Crippen LogP contribution < -0.4 is 14.9 Å². The van der Waals surface area contributed by atoms with E-state index in [0.29, 0.717) is 12.1 Å². The SMILES string of the molecule is C=CCNS(=O)(=O)c1ccc(C(=O)NCC(C)(C)[NH+]2CCOCC2)cc1. The molecule has 0 bridgehead atoms. The molecule has 0 atom stereocenters. The van der Waals surface area contributed by atoms with Gasteiger partial charge in [-0.15, -0.1) is 6.58 Å². The summed E-state index contributed by atoms with van der Waals surface area (Å²) in [6, 6.07) is 5.90. The van der Waals surface area contributed by atoms with Crippen molar-refractivity contribution in [1.82, 2.24) is 10.0 Å². The number of benzene rings is 1. The molecule has 0 aromatic heterocycles. The highest BCUT2D eigenvalue weighted by Crippen LogP contribution is 2.10.